The first-order valence-electron chi connectivity index (χ1n) is 13.1. The molecular weight excluding hydrogens is 372 g/mol. The number of ether oxygens (including phenoxy) is 1. The molecule has 0 aliphatic heterocycles. The molecule has 180 valence electrons. The number of hydrogen-bond donors (Lipinski definition) is 1. The molecule has 0 spiro atoms. The molecule has 0 heterocycles. The van der Waals surface area contributed by atoms with Gasteiger partial charge >= 0.3 is 0 Å². The van der Waals surface area contributed by atoms with Crippen LogP contribution >= 0.6 is 0 Å². The molecule has 0 aliphatic carbocycles. The fraction of sp³-hybridized carbons (Fsp3) is 0.963. The zero-order chi connectivity index (χ0) is 22.7. The van der Waals surface area contributed by atoms with Crippen molar-refractivity contribution in [1.82, 2.24) is 0 Å². The molecule has 0 aliphatic rings. The van der Waals surface area contributed by atoms with Crippen LogP contribution in [0.25, 0.3) is 0 Å². The summed E-state index contributed by atoms with van der Waals surface area (Å²) in [6.45, 7) is 10.2. The highest BCUT2D eigenvalue weighted by atomic mass is 16.5. The van der Waals surface area contributed by atoms with Gasteiger partial charge in [-0.25, -0.2) is 0 Å². The first kappa shape index (κ1) is 29.6. The lowest BCUT2D eigenvalue weighted by atomic mass is 9.96. The Bertz CT molecular complexity index is 401. The highest BCUT2D eigenvalue weighted by molar-refractivity contribution is 5.86. The van der Waals surface area contributed by atoms with Crippen LogP contribution < -0.4 is 0 Å². The molecule has 1 unspecified atom stereocenters. The van der Waals surface area contributed by atoms with E-state index in [1.807, 2.05) is 27.7 Å². The molecule has 0 aromatic carbocycles. The molecule has 0 rings (SSSR count). The van der Waals surface area contributed by atoms with Crippen molar-refractivity contribution in [1.29, 1.82) is 0 Å². The number of unbranched alkanes of at least 4 members (excludes halogenated alkanes) is 14. The van der Waals surface area contributed by atoms with Crippen LogP contribution in [-0.2, 0) is 9.53 Å². The zero-order valence-corrected chi connectivity index (χ0v) is 21.2. The molecule has 0 bridgehead atoms. The standard InChI is InChI=1S/C27H54O3/c1-6-8-9-10-11-12-13-14-15-16-17-18-19-20-21-22-25(28)26(3,4)30-24-23-27(5,29)7-2/h29H,6-24H2,1-5H3. The van der Waals surface area contributed by atoms with Crippen molar-refractivity contribution >= 4 is 5.78 Å². The predicted octanol–water partition coefficient (Wildman–Crippen LogP) is 8.16. The largest absolute Gasteiger partial charge is 0.390 e. The number of hydrogen-bond acceptors (Lipinski definition) is 3. The molecule has 0 aromatic rings. The van der Waals surface area contributed by atoms with Crippen molar-refractivity contribution in [2.75, 3.05) is 6.61 Å². The monoisotopic (exact) mass is 426 g/mol. The van der Waals surface area contributed by atoms with Gasteiger partial charge in [-0.2, -0.15) is 0 Å². The molecule has 1 N–H and O–H groups in total. The molecule has 0 saturated carbocycles. The summed E-state index contributed by atoms with van der Waals surface area (Å²) in [5, 5.41) is 10.0. The average molecular weight is 427 g/mol. The van der Waals surface area contributed by atoms with Gasteiger partial charge in [0.25, 0.3) is 0 Å². The summed E-state index contributed by atoms with van der Waals surface area (Å²) in [7, 11) is 0. The van der Waals surface area contributed by atoms with Gasteiger partial charge in [-0.1, -0.05) is 104 Å². The fourth-order valence-electron chi connectivity index (χ4n) is 3.74. The second-order valence-corrected chi connectivity index (χ2v) is 10.1. The lowest BCUT2D eigenvalue weighted by Crippen LogP contribution is -2.37. The fourth-order valence-corrected chi connectivity index (χ4v) is 3.74. The van der Waals surface area contributed by atoms with E-state index >= 15 is 0 Å². The number of aliphatic hydroxyl groups is 1. The number of carbonyl (C=O) groups excluding carboxylic acids is 1. The first-order chi connectivity index (χ1) is 14.2. The lowest BCUT2D eigenvalue weighted by molar-refractivity contribution is -0.142. The summed E-state index contributed by atoms with van der Waals surface area (Å²) in [4.78, 5) is 12.4. The maximum atomic E-state index is 12.4. The van der Waals surface area contributed by atoms with Gasteiger partial charge in [0.2, 0.25) is 0 Å². The van der Waals surface area contributed by atoms with E-state index in [1.165, 1.54) is 83.5 Å². The van der Waals surface area contributed by atoms with Crippen molar-refractivity contribution in [3.05, 3.63) is 0 Å². The Kier molecular flexibility index (Phi) is 17.9. The van der Waals surface area contributed by atoms with Crippen LogP contribution in [0, 0.1) is 0 Å². The summed E-state index contributed by atoms with van der Waals surface area (Å²) >= 11 is 0. The highest BCUT2D eigenvalue weighted by Crippen LogP contribution is 2.20. The van der Waals surface area contributed by atoms with Crippen molar-refractivity contribution in [2.45, 2.75) is 161 Å². The van der Waals surface area contributed by atoms with Gasteiger partial charge in [0.15, 0.2) is 5.78 Å². The van der Waals surface area contributed by atoms with E-state index in [0.717, 1.165) is 12.8 Å². The first-order valence-corrected chi connectivity index (χ1v) is 13.1. The van der Waals surface area contributed by atoms with E-state index < -0.39 is 11.2 Å². The minimum absolute atomic E-state index is 0.188. The summed E-state index contributed by atoms with van der Waals surface area (Å²) in [5.41, 5.74) is -1.44. The zero-order valence-electron chi connectivity index (χ0n) is 21.2. The molecule has 1 atom stereocenters. The number of rotatable bonds is 22. The topological polar surface area (TPSA) is 46.5 Å². The van der Waals surface area contributed by atoms with Crippen LogP contribution in [0.3, 0.4) is 0 Å². The van der Waals surface area contributed by atoms with Gasteiger partial charge in [0.1, 0.15) is 5.60 Å². The van der Waals surface area contributed by atoms with Gasteiger partial charge in [0, 0.05) is 6.42 Å². The summed E-state index contributed by atoms with van der Waals surface area (Å²) in [6.07, 6.45) is 21.9. The minimum Gasteiger partial charge on any atom is -0.390 e. The van der Waals surface area contributed by atoms with E-state index in [9.17, 15) is 9.90 Å². The van der Waals surface area contributed by atoms with Gasteiger partial charge < -0.3 is 9.84 Å². The molecule has 0 saturated heterocycles. The van der Waals surface area contributed by atoms with Crippen molar-refractivity contribution in [3.8, 4) is 0 Å². The maximum Gasteiger partial charge on any atom is 0.164 e. The number of Topliss-reactive ketones (excluding diaryl/α,β-unsaturated/α-hetero) is 1. The highest BCUT2D eigenvalue weighted by Gasteiger charge is 2.28. The van der Waals surface area contributed by atoms with Crippen LogP contribution in [0.15, 0.2) is 0 Å². The van der Waals surface area contributed by atoms with Gasteiger partial charge in [-0.3, -0.25) is 4.79 Å². The Morgan fingerprint density at radius 3 is 1.50 bits per heavy atom. The van der Waals surface area contributed by atoms with E-state index in [4.69, 9.17) is 4.74 Å². The maximum absolute atomic E-state index is 12.4. The molecule has 0 fully saturated rings. The second-order valence-electron chi connectivity index (χ2n) is 10.1. The smallest absolute Gasteiger partial charge is 0.164 e. The molecular formula is C27H54O3. The quantitative estimate of drug-likeness (QED) is 0.178. The summed E-state index contributed by atoms with van der Waals surface area (Å²) in [6, 6.07) is 0. The Hall–Kier alpha value is -0.410. The molecule has 0 radical (unpaired) electrons. The van der Waals surface area contributed by atoms with Crippen LogP contribution in [0.5, 0.6) is 0 Å². The summed E-state index contributed by atoms with van der Waals surface area (Å²) < 4.78 is 5.79. The SMILES string of the molecule is CCCCCCCCCCCCCCCCCC(=O)C(C)(C)OCCC(C)(O)CC. The van der Waals surface area contributed by atoms with Crippen molar-refractivity contribution < 1.29 is 14.6 Å². The van der Waals surface area contributed by atoms with E-state index in [0.29, 0.717) is 25.9 Å². The Balaban J connectivity index is 3.51. The van der Waals surface area contributed by atoms with Crippen molar-refractivity contribution in [3.63, 3.8) is 0 Å². The molecule has 0 aromatic heterocycles. The van der Waals surface area contributed by atoms with Crippen molar-refractivity contribution in [2.24, 2.45) is 0 Å². The number of carbonyl (C=O) groups is 1. The molecule has 30 heavy (non-hydrogen) atoms. The predicted molar refractivity (Wildman–Crippen MR) is 130 cm³/mol. The van der Waals surface area contributed by atoms with Gasteiger partial charge in [-0.05, 0) is 40.0 Å². The minimum atomic E-state index is -0.736. The molecule has 3 heteroatoms. The average Bonchev–Trinajstić information content (AvgIpc) is 2.70. The van der Waals surface area contributed by atoms with E-state index in [2.05, 4.69) is 6.92 Å². The third-order valence-electron chi connectivity index (χ3n) is 6.54. The third kappa shape index (κ3) is 17.3. The number of ketones is 1. The normalized spacial score (nSPS) is 14.1. The van der Waals surface area contributed by atoms with E-state index in [-0.39, 0.29) is 5.78 Å². The van der Waals surface area contributed by atoms with Gasteiger partial charge in [0.05, 0.1) is 12.2 Å². The van der Waals surface area contributed by atoms with Crippen LogP contribution in [-0.4, -0.2) is 28.7 Å². The summed E-state index contributed by atoms with van der Waals surface area (Å²) in [5.74, 6) is 0.188. The third-order valence-corrected chi connectivity index (χ3v) is 6.54. The van der Waals surface area contributed by atoms with Crippen LogP contribution in [0.1, 0.15) is 150 Å². The van der Waals surface area contributed by atoms with Gasteiger partial charge in [-0.15, -0.1) is 0 Å². The van der Waals surface area contributed by atoms with Crippen LogP contribution in [0.4, 0.5) is 0 Å². The Morgan fingerprint density at radius 1 is 0.700 bits per heavy atom. The lowest BCUT2D eigenvalue weighted by Gasteiger charge is -2.27. The molecule has 3 nitrogen and oxygen atoms in total. The van der Waals surface area contributed by atoms with E-state index in [1.54, 1.807) is 0 Å². The second kappa shape index (κ2) is 18.2. The Labute approximate surface area is 188 Å². The molecule has 0 amide bonds. The van der Waals surface area contributed by atoms with Crippen LogP contribution in [0.2, 0.25) is 0 Å². The Morgan fingerprint density at radius 2 is 1.10 bits per heavy atom.